The Morgan fingerprint density at radius 3 is 2.67 bits per heavy atom. The minimum Gasteiger partial charge on any atom is -0.505 e. The monoisotopic (exact) mass is 379 g/mol. The molecule has 1 aromatic carbocycles. The molecule has 0 spiro atoms. The maximum atomic E-state index is 13.8. The van der Waals surface area contributed by atoms with E-state index in [1.807, 2.05) is 13.8 Å². The number of piperidine rings is 1. The summed E-state index contributed by atoms with van der Waals surface area (Å²) in [4.78, 5) is 18.7. The number of hydrogen-bond donors (Lipinski definition) is 2. The molecule has 1 saturated heterocycles. The largest absolute Gasteiger partial charge is 0.505 e. The molecule has 3 rings (SSSR count). The van der Waals surface area contributed by atoms with Crippen molar-refractivity contribution in [2.75, 3.05) is 19.6 Å². The number of carbonyl (C=O) groups excluding carboxylic acids is 1. The van der Waals surface area contributed by atoms with E-state index < -0.39 is 28.9 Å². The maximum Gasteiger partial charge on any atom is 0.257 e. The number of rotatable bonds is 5. The third-order valence-corrected chi connectivity index (χ3v) is 4.99. The molecule has 8 heteroatoms. The Hall–Kier alpha value is -2.48. The summed E-state index contributed by atoms with van der Waals surface area (Å²) in [6.45, 7) is 6.44. The molecule has 27 heavy (non-hydrogen) atoms. The summed E-state index contributed by atoms with van der Waals surface area (Å²) in [5, 5.41) is 11.9. The quantitative estimate of drug-likeness (QED) is 0.835. The van der Waals surface area contributed by atoms with E-state index in [1.54, 1.807) is 0 Å². The Morgan fingerprint density at radius 2 is 2.04 bits per heavy atom. The first kappa shape index (κ1) is 19.3. The van der Waals surface area contributed by atoms with Crippen LogP contribution in [0.4, 0.5) is 8.78 Å². The lowest BCUT2D eigenvalue weighted by molar-refractivity contribution is 0.0924. The molecule has 1 aliphatic heterocycles. The number of amides is 1. The highest BCUT2D eigenvalue weighted by molar-refractivity contribution is 5.95. The smallest absolute Gasteiger partial charge is 0.257 e. The summed E-state index contributed by atoms with van der Waals surface area (Å²) in [5.41, 5.74) is 0.149. The van der Waals surface area contributed by atoms with Crippen molar-refractivity contribution in [2.45, 2.75) is 33.2 Å². The molecule has 1 amide bonds. The van der Waals surface area contributed by atoms with Crippen molar-refractivity contribution >= 4 is 5.91 Å². The lowest BCUT2D eigenvalue weighted by Crippen LogP contribution is -2.38. The molecule has 2 aromatic rings. The zero-order valence-corrected chi connectivity index (χ0v) is 15.4. The number of phenols is 1. The number of phenolic OH excluding ortho intramolecular Hbond substituents is 1. The van der Waals surface area contributed by atoms with Gasteiger partial charge in [0.2, 0.25) is 5.89 Å². The Kier molecular flexibility index (Phi) is 5.74. The Balaban J connectivity index is 1.48. The van der Waals surface area contributed by atoms with E-state index in [-0.39, 0.29) is 5.92 Å². The van der Waals surface area contributed by atoms with E-state index in [4.69, 9.17) is 4.42 Å². The molecule has 1 aliphatic rings. The number of aryl methyl sites for hydroxylation is 2. The van der Waals surface area contributed by atoms with Crippen LogP contribution in [0.5, 0.6) is 5.75 Å². The minimum atomic E-state index is -1.24. The molecule has 1 aromatic heterocycles. The fraction of sp³-hybridized carbons (Fsp3) is 0.474. The zero-order valence-electron chi connectivity index (χ0n) is 15.4. The minimum absolute atomic E-state index is 0.224. The number of halogens is 2. The number of nitrogens with zero attached hydrogens (tertiary/aromatic N) is 2. The number of carbonyl (C=O) groups is 1. The van der Waals surface area contributed by atoms with Crippen LogP contribution in [0.15, 0.2) is 16.5 Å². The molecule has 146 valence electrons. The highest BCUT2D eigenvalue weighted by atomic mass is 19.1. The van der Waals surface area contributed by atoms with E-state index in [0.29, 0.717) is 19.0 Å². The summed E-state index contributed by atoms with van der Waals surface area (Å²) in [6.07, 6.45) is 1.70. The van der Waals surface area contributed by atoms with Crippen molar-refractivity contribution in [2.24, 2.45) is 5.92 Å². The number of aromatic hydroxyl groups is 1. The second-order valence-corrected chi connectivity index (χ2v) is 6.93. The van der Waals surface area contributed by atoms with Crippen molar-refractivity contribution in [3.8, 4) is 5.75 Å². The van der Waals surface area contributed by atoms with Crippen molar-refractivity contribution in [1.82, 2.24) is 15.2 Å². The van der Waals surface area contributed by atoms with Crippen LogP contribution in [0.2, 0.25) is 0 Å². The van der Waals surface area contributed by atoms with Gasteiger partial charge in [-0.05, 0) is 57.8 Å². The highest BCUT2D eigenvalue weighted by Crippen LogP contribution is 2.23. The average Bonchev–Trinajstić information content (AvgIpc) is 2.95. The lowest BCUT2D eigenvalue weighted by Gasteiger charge is -2.31. The molecule has 2 heterocycles. The van der Waals surface area contributed by atoms with Crippen LogP contribution < -0.4 is 5.32 Å². The van der Waals surface area contributed by atoms with Gasteiger partial charge in [0.05, 0.1) is 12.2 Å². The van der Waals surface area contributed by atoms with E-state index >= 15 is 0 Å². The van der Waals surface area contributed by atoms with Gasteiger partial charge in [-0.15, -0.1) is 0 Å². The lowest BCUT2D eigenvalue weighted by atomic mass is 9.96. The van der Waals surface area contributed by atoms with E-state index in [1.165, 1.54) is 0 Å². The molecule has 0 unspecified atom stereocenters. The second-order valence-electron chi connectivity index (χ2n) is 6.93. The standard InChI is InChI=1S/C19H23F2N3O3/c1-11-12(2)27-16(23-11)10-24-7-5-13(6-8-24)9-22-19(26)17-14(20)3-4-15(25)18(17)21/h3-4,13,25H,5-10H2,1-2H3,(H,22,26). The van der Waals surface area contributed by atoms with Gasteiger partial charge < -0.3 is 14.8 Å². The zero-order chi connectivity index (χ0) is 19.6. The number of aromatic nitrogens is 1. The first-order valence-electron chi connectivity index (χ1n) is 8.95. The number of benzene rings is 1. The van der Waals surface area contributed by atoms with Gasteiger partial charge in [-0.3, -0.25) is 9.69 Å². The average molecular weight is 379 g/mol. The Morgan fingerprint density at radius 1 is 1.33 bits per heavy atom. The van der Waals surface area contributed by atoms with Crippen LogP contribution in [-0.4, -0.2) is 40.5 Å². The van der Waals surface area contributed by atoms with Gasteiger partial charge >= 0.3 is 0 Å². The van der Waals surface area contributed by atoms with Crippen molar-refractivity contribution < 1.29 is 23.1 Å². The van der Waals surface area contributed by atoms with E-state index in [2.05, 4.69) is 15.2 Å². The summed E-state index contributed by atoms with van der Waals surface area (Å²) < 4.78 is 33.1. The number of oxazole rings is 1. The molecule has 2 N–H and O–H groups in total. The third kappa shape index (κ3) is 4.44. The van der Waals surface area contributed by atoms with Crippen LogP contribution in [-0.2, 0) is 6.54 Å². The van der Waals surface area contributed by atoms with E-state index in [9.17, 15) is 18.7 Å². The van der Waals surface area contributed by atoms with Crippen LogP contribution in [0.25, 0.3) is 0 Å². The van der Waals surface area contributed by atoms with Gasteiger partial charge in [0.15, 0.2) is 11.6 Å². The predicted octanol–water partition coefficient (Wildman–Crippen LogP) is 2.92. The Bertz CT molecular complexity index is 810. The molecule has 0 atom stereocenters. The molecular weight excluding hydrogens is 356 g/mol. The van der Waals surface area contributed by atoms with Crippen LogP contribution in [0.3, 0.4) is 0 Å². The maximum absolute atomic E-state index is 13.8. The van der Waals surface area contributed by atoms with Crippen molar-refractivity contribution in [3.63, 3.8) is 0 Å². The molecule has 0 aliphatic carbocycles. The fourth-order valence-corrected chi connectivity index (χ4v) is 3.22. The third-order valence-electron chi connectivity index (χ3n) is 4.99. The summed E-state index contributed by atoms with van der Waals surface area (Å²) >= 11 is 0. The van der Waals surface area contributed by atoms with Crippen molar-refractivity contribution in [1.29, 1.82) is 0 Å². The summed E-state index contributed by atoms with van der Waals surface area (Å²) in [7, 11) is 0. The Labute approximate surface area is 156 Å². The van der Waals surface area contributed by atoms with Gasteiger partial charge in [-0.1, -0.05) is 0 Å². The first-order valence-corrected chi connectivity index (χ1v) is 8.95. The second kappa shape index (κ2) is 8.04. The highest BCUT2D eigenvalue weighted by Gasteiger charge is 2.24. The predicted molar refractivity (Wildman–Crippen MR) is 94.3 cm³/mol. The van der Waals surface area contributed by atoms with Crippen LogP contribution in [0, 0.1) is 31.4 Å². The molecule has 6 nitrogen and oxygen atoms in total. The van der Waals surface area contributed by atoms with Gasteiger partial charge in [0.25, 0.3) is 5.91 Å². The first-order chi connectivity index (χ1) is 12.8. The normalized spacial score (nSPS) is 15.9. The number of hydrogen-bond acceptors (Lipinski definition) is 5. The van der Waals surface area contributed by atoms with Gasteiger partial charge in [0.1, 0.15) is 17.1 Å². The van der Waals surface area contributed by atoms with Crippen LogP contribution in [0.1, 0.15) is 40.5 Å². The molecular formula is C19H23F2N3O3. The number of nitrogens with one attached hydrogen (secondary N) is 1. The van der Waals surface area contributed by atoms with Crippen LogP contribution >= 0.6 is 0 Å². The molecule has 1 fully saturated rings. The number of likely N-dealkylation sites (tertiary alicyclic amines) is 1. The summed E-state index contributed by atoms with van der Waals surface area (Å²) in [6, 6.07) is 1.76. The molecule has 0 radical (unpaired) electrons. The summed E-state index contributed by atoms with van der Waals surface area (Å²) in [5.74, 6) is -2.07. The van der Waals surface area contributed by atoms with Crippen molar-refractivity contribution in [3.05, 3.63) is 46.7 Å². The fourth-order valence-electron chi connectivity index (χ4n) is 3.22. The molecule has 0 saturated carbocycles. The van der Waals surface area contributed by atoms with Gasteiger partial charge in [0, 0.05) is 6.54 Å². The van der Waals surface area contributed by atoms with Gasteiger partial charge in [-0.2, -0.15) is 0 Å². The van der Waals surface area contributed by atoms with E-state index in [0.717, 1.165) is 49.5 Å². The SMILES string of the molecule is Cc1nc(CN2CCC(CNC(=O)c3c(F)ccc(O)c3F)CC2)oc1C. The topological polar surface area (TPSA) is 78.6 Å². The molecule has 0 bridgehead atoms. The van der Waals surface area contributed by atoms with Gasteiger partial charge in [-0.25, -0.2) is 13.8 Å².